The number of carbonyl (C=O) groups is 1. The molecule has 2 fully saturated rings. The summed E-state index contributed by atoms with van der Waals surface area (Å²) >= 11 is 0. The van der Waals surface area contributed by atoms with Gasteiger partial charge in [-0.1, -0.05) is 18.2 Å². The first-order valence-corrected chi connectivity index (χ1v) is 10.7. The summed E-state index contributed by atoms with van der Waals surface area (Å²) in [6.07, 6.45) is 2.75. The first kappa shape index (κ1) is 20.9. The number of morpholine rings is 1. The molecule has 2 aliphatic heterocycles. The Balaban J connectivity index is 1.46. The summed E-state index contributed by atoms with van der Waals surface area (Å²) in [6.45, 7) is 6.62. The lowest BCUT2D eigenvalue weighted by atomic mass is 10.0. The number of rotatable bonds is 5. The summed E-state index contributed by atoms with van der Waals surface area (Å²) < 4.78 is 19.0. The fraction of sp³-hybridized carbons (Fsp3) is 0.478. The number of nitrogens with zero attached hydrogens (tertiary/aromatic N) is 4. The van der Waals surface area contributed by atoms with Crippen molar-refractivity contribution in [1.82, 2.24) is 19.7 Å². The molecule has 3 heterocycles. The molecule has 1 aromatic carbocycles. The molecule has 160 valence electrons. The maximum absolute atomic E-state index is 13.6. The summed E-state index contributed by atoms with van der Waals surface area (Å²) in [5, 5.41) is 0. The molecule has 0 saturated carbocycles. The molecule has 0 radical (unpaired) electrons. The van der Waals surface area contributed by atoms with E-state index in [1.54, 1.807) is 12.1 Å². The predicted molar refractivity (Wildman–Crippen MR) is 112 cm³/mol. The van der Waals surface area contributed by atoms with Gasteiger partial charge in [-0.3, -0.25) is 19.6 Å². The lowest BCUT2D eigenvalue weighted by molar-refractivity contribution is -0.139. The van der Waals surface area contributed by atoms with Gasteiger partial charge < -0.3 is 9.64 Å². The van der Waals surface area contributed by atoms with E-state index in [1.165, 1.54) is 12.1 Å². The predicted octanol–water partition coefficient (Wildman–Crippen LogP) is 2.33. The van der Waals surface area contributed by atoms with Crippen LogP contribution in [0.15, 0.2) is 48.7 Å². The minimum atomic E-state index is -0.392. The van der Waals surface area contributed by atoms with Crippen LogP contribution in [0.2, 0.25) is 0 Å². The van der Waals surface area contributed by atoms with Gasteiger partial charge in [0.05, 0.1) is 18.9 Å². The summed E-state index contributed by atoms with van der Waals surface area (Å²) in [6, 6.07) is 11.9. The fourth-order valence-corrected chi connectivity index (χ4v) is 4.23. The van der Waals surface area contributed by atoms with Crippen LogP contribution in [0.3, 0.4) is 0 Å². The number of amides is 1. The van der Waals surface area contributed by atoms with Crippen molar-refractivity contribution in [2.24, 2.45) is 0 Å². The Bertz CT molecular complexity index is 812. The molecular weight excluding hydrogens is 383 g/mol. The lowest BCUT2D eigenvalue weighted by Crippen LogP contribution is -2.48. The van der Waals surface area contributed by atoms with Gasteiger partial charge in [0.15, 0.2) is 0 Å². The summed E-state index contributed by atoms with van der Waals surface area (Å²) in [7, 11) is 0. The van der Waals surface area contributed by atoms with Crippen molar-refractivity contribution < 1.29 is 13.9 Å². The molecule has 0 aliphatic carbocycles. The number of aromatic nitrogens is 1. The second-order valence-corrected chi connectivity index (χ2v) is 7.88. The second kappa shape index (κ2) is 10.1. The van der Waals surface area contributed by atoms with Gasteiger partial charge in [-0.25, -0.2) is 4.39 Å². The molecule has 0 bridgehead atoms. The van der Waals surface area contributed by atoms with Crippen LogP contribution < -0.4 is 0 Å². The van der Waals surface area contributed by atoms with Crippen molar-refractivity contribution in [1.29, 1.82) is 0 Å². The van der Waals surface area contributed by atoms with Gasteiger partial charge >= 0.3 is 0 Å². The Morgan fingerprint density at radius 2 is 1.80 bits per heavy atom. The molecule has 30 heavy (non-hydrogen) atoms. The highest BCUT2D eigenvalue weighted by molar-refractivity contribution is 5.83. The summed E-state index contributed by atoms with van der Waals surface area (Å²) in [4.78, 5) is 24.5. The van der Waals surface area contributed by atoms with Crippen molar-refractivity contribution in [3.63, 3.8) is 0 Å². The van der Waals surface area contributed by atoms with Crippen LogP contribution in [-0.4, -0.2) is 78.1 Å². The van der Waals surface area contributed by atoms with Crippen molar-refractivity contribution in [2.45, 2.75) is 19.0 Å². The van der Waals surface area contributed by atoms with E-state index in [-0.39, 0.29) is 11.7 Å². The Hall–Kier alpha value is -2.35. The van der Waals surface area contributed by atoms with Crippen molar-refractivity contribution >= 4 is 5.91 Å². The third-order valence-electron chi connectivity index (χ3n) is 5.84. The Morgan fingerprint density at radius 1 is 1.00 bits per heavy atom. The molecule has 1 atom stereocenters. The van der Waals surface area contributed by atoms with Crippen LogP contribution in [0.5, 0.6) is 0 Å². The molecule has 7 heteroatoms. The highest BCUT2D eigenvalue weighted by Gasteiger charge is 2.33. The SMILES string of the molecule is O=C([C@@H](c1ccc(F)cc1)N1CCOCC1)N1CCCN(Cc2ccccn2)CC1. The number of hydrogen-bond acceptors (Lipinski definition) is 5. The Labute approximate surface area is 177 Å². The Kier molecular flexibility index (Phi) is 7.04. The topological polar surface area (TPSA) is 48.9 Å². The highest BCUT2D eigenvalue weighted by Crippen LogP contribution is 2.25. The zero-order chi connectivity index (χ0) is 20.8. The van der Waals surface area contributed by atoms with Crippen molar-refractivity contribution in [3.8, 4) is 0 Å². The summed E-state index contributed by atoms with van der Waals surface area (Å²) in [5.41, 5.74) is 1.90. The molecule has 0 spiro atoms. The molecule has 2 saturated heterocycles. The number of carbonyl (C=O) groups excluding carboxylic acids is 1. The quantitative estimate of drug-likeness (QED) is 0.755. The van der Waals surface area contributed by atoms with Crippen LogP contribution in [0.1, 0.15) is 23.7 Å². The normalized spacial score (nSPS) is 20.0. The third kappa shape index (κ3) is 5.22. The first-order chi connectivity index (χ1) is 14.7. The van der Waals surface area contributed by atoms with Gasteiger partial charge in [-0.05, 0) is 36.2 Å². The van der Waals surface area contributed by atoms with E-state index >= 15 is 0 Å². The van der Waals surface area contributed by atoms with Gasteiger partial charge in [0, 0.05) is 52.0 Å². The lowest BCUT2D eigenvalue weighted by Gasteiger charge is -2.36. The highest BCUT2D eigenvalue weighted by atomic mass is 19.1. The zero-order valence-corrected chi connectivity index (χ0v) is 17.3. The molecule has 0 N–H and O–H groups in total. The van der Waals surface area contributed by atoms with E-state index in [4.69, 9.17) is 4.74 Å². The van der Waals surface area contributed by atoms with E-state index < -0.39 is 6.04 Å². The van der Waals surface area contributed by atoms with E-state index in [0.29, 0.717) is 32.8 Å². The van der Waals surface area contributed by atoms with Gasteiger partial charge in [0.1, 0.15) is 11.9 Å². The van der Waals surface area contributed by atoms with Gasteiger partial charge in [0.2, 0.25) is 5.91 Å². The Morgan fingerprint density at radius 3 is 2.53 bits per heavy atom. The minimum Gasteiger partial charge on any atom is -0.379 e. The van der Waals surface area contributed by atoms with Crippen molar-refractivity contribution in [2.75, 3.05) is 52.5 Å². The fourth-order valence-electron chi connectivity index (χ4n) is 4.23. The standard InChI is InChI=1S/C23H29FN4O2/c24-20-7-5-19(6-8-20)22(27-14-16-30-17-15-27)23(29)28-11-3-10-26(12-13-28)18-21-4-1-2-9-25-21/h1-2,4-9,22H,3,10-18H2/t22-/m1/s1. The van der Waals surface area contributed by atoms with E-state index in [0.717, 1.165) is 43.9 Å². The number of hydrogen-bond donors (Lipinski definition) is 0. The van der Waals surface area contributed by atoms with E-state index in [2.05, 4.69) is 14.8 Å². The van der Waals surface area contributed by atoms with Gasteiger partial charge in [0.25, 0.3) is 0 Å². The monoisotopic (exact) mass is 412 g/mol. The van der Waals surface area contributed by atoms with Crippen LogP contribution in [-0.2, 0) is 16.1 Å². The average Bonchev–Trinajstić information content (AvgIpc) is 3.02. The smallest absolute Gasteiger partial charge is 0.244 e. The van der Waals surface area contributed by atoms with Crippen LogP contribution in [0.25, 0.3) is 0 Å². The molecule has 2 aromatic rings. The molecule has 4 rings (SSSR count). The maximum atomic E-state index is 13.6. The number of halogens is 1. The van der Waals surface area contributed by atoms with Gasteiger partial charge in [-0.15, -0.1) is 0 Å². The number of pyridine rings is 1. The molecule has 1 amide bonds. The van der Waals surface area contributed by atoms with Crippen LogP contribution in [0, 0.1) is 5.82 Å². The molecule has 6 nitrogen and oxygen atoms in total. The molecular formula is C23H29FN4O2. The van der Waals surface area contributed by atoms with Crippen LogP contribution >= 0.6 is 0 Å². The summed E-state index contributed by atoms with van der Waals surface area (Å²) in [5.74, 6) is -0.185. The van der Waals surface area contributed by atoms with E-state index in [1.807, 2.05) is 29.3 Å². The minimum absolute atomic E-state index is 0.100. The van der Waals surface area contributed by atoms with E-state index in [9.17, 15) is 9.18 Å². The largest absolute Gasteiger partial charge is 0.379 e. The van der Waals surface area contributed by atoms with Crippen molar-refractivity contribution in [3.05, 3.63) is 65.7 Å². The molecule has 2 aliphatic rings. The number of ether oxygens (including phenoxy) is 1. The van der Waals surface area contributed by atoms with Crippen LogP contribution in [0.4, 0.5) is 4.39 Å². The molecule has 0 unspecified atom stereocenters. The van der Waals surface area contributed by atoms with Gasteiger partial charge in [-0.2, -0.15) is 0 Å². The zero-order valence-electron chi connectivity index (χ0n) is 17.3. The second-order valence-electron chi connectivity index (χ2n) is 7.88. The molecule has 1 aromatic heterocycles. The third-order valence-corrected chi connectivity index (χ3v) is 5.84. The average molecular weight is 413 g/mol. The number of benzene rings is 1. The maximum Gasteiger partial charge on any atom is 0.244 e. The first-order valence-electron chi connectivity index (χ1n) is 10.7.